The first-order valence-electron chi connectivity index (χ1n) is 4.87. The second-order valence-electron chi connectivity index (χ2n) is 3.70. The first kappa shape index (κ1) is 11.2. The van der Waals surface area contributed by atoms with Gasteiger partial charge in [-0.15, -0.1) is 11.6 Å². The van der Waals surface area contributed by atoms with E-state index >= 15 is 0 Å². The SMILES string of the molecule is O=C(NC1CC1)C(Cl)c1cccc(I)c1. The maximum Gasteiger partial charge on any atom is 0.242 e. The minimum Gasteiger partial charge on any atom is -0.352 e. The molecule has 0 radical (unpaired) electrons. The quantitative estimate of drug-likeness (QED) is 0.668. The third-order valence-electron chi connectivity index (χ3n) is 2.30. The van der Waals surface area contributed by atoms with Crippen molar-refractivity contribution < 1.29 is 4.79 Å². The summed E-state index contributed by atoms with van der Waals surface area (Å²) in [7, 11) is 0. The van der Waals surface area contributed by atoms with Crippen LogP contribution in [0.15, 0.2) is 24.3 Å². The highest BCUT2D eigenvalue weighted by molar-refractivity contribution is 14.1. The molecule has 1 aromatic carbocycles. The predicted octanol–water partition coefficient (Wildman–Crippen LogP) is 2.85. The molecule has 80 valence electrons. The molecule has 0 aliphatic heterocycles. The van der Waals surface area contributed by atoms with Crippen molar-refractivity contribution in [2.45, 2.75) is 24.3 Å². The molecule has 2 rings (SSSR count). The standard InChI is InChI=1S/C11H11ClINO/c12-10(11(15)14-9-4-5-9)7-2-1-3-8(13)6-7/h1-3,6,9-10H,4-5H2,(H,14,15). The molecule has 1 saturated carbocycles. The molecular formula is C11H11ClINO. The monoisotopic (exact) mass is 335 g/mol. The summed E-state index contributed by atoms with van der Waals surface area (Å²) in [6.45, 7) is 0. The van der Waals surface area contributed by atoms with Crippen LogP contribution in [-0.2, 0) is 4.79 Å². The molecule has 0 spiro atoms. The van der Waals surface area contributed by atoms with Crippen molar-refractivity contribution in [3.05, 3.63) is 33.4 Å². The molecule has 1 aliphatic rings. The van der Waals surface area contributed by atoms with Crippen LogP contribution in [0.1, 0.15) is 23.8 Å². The van der Waals surface area contributed by atoms with Gasteiger partial charge in [-0.3, -0.25) is 4.79 Å². The zero-order chi connectivity index (χ0) is 10.8. The van der Waals surface area contributed by atoms with E-state index in [1.54, 1.807) is 0 Å². The van der Waals surface area contributed by atoms with Crippen molar-refractivity contribution in [3.63, 3.8) is 0 Å². The predicted molar refractivity (Wildman–Crippen MR) is 68.9 cm³/mol. The molecule has 15 heavy (non-hydrogen) atoms. The van der Waals surface area contributed by atoms with Crippen LogP contribution in [0, 0.1) is 3.57 Å². The van der Waals surface area contributed by atoms with Crippen LogP contribution in [0.2, 0.25) is 0 Å². The largest absolute Gasteiger partial charge is 0.352 e. The third kappa shape index (κ3) is 3.08. The van der Waals surface area contributed by atoms with Gasteiger partial charge in [0.05, 0.1) is 0 Å². The summed E-state index contributed by atoms with van der Waals surface area (Å²) in [5.41, 5.74) is 0.863. The van der Waals surface area contributed by atoms with Crippen molar-refractivity contribution in [1.29, 1.82) is 0 Å². The van der Waals surface area contributed by atoms with Crippen LogP contribution >= 0.6 is 34.2 Å². The average molecular weight is 336 g/mol. The molecule has 1 atom stereocenters. The van der Waals surface area contributed by atoms with E-state index in [0.717, 1.165) is 22.0 Å². The summed E-state index contributed by atoms with van der Waals surface area (Å²) in [5.74, 6) is -0.0823. The molecule has 0 aromatic heterocycles. The van der Waals surface area contributed by atoms with Gasteiger partial charge in [0.25, 0.3) is 0 Å². The van der Waals surface area contributed by atoms with E-state index in [1.807, 2.05) is 24.3 Å². The summed E-state index contributed by atoms with van der Waals surface area (Å²) < 4.78 is 1.09. The molecule has 2 nitrogen and oxygen atoms in total. The Kier molecular flexibility index (Phi) is 3.51. The Morgan fingerprint density at radius 1 is 1.53 bits per heavy atom. The second kappa shape index (κ2) is 4.70. The number of amides is 1. The fourth-order valence-corrected chi connectivity index (χ4v) is 2.08. The average Bonchev–Trinajstić information content (AvgIpc) is 3.00. The van der Waals surface area contributed by atoms with E-state index < -0.39 is 5.38 Å². The molecular weight excluding hydrogens is 324 g/mol. The van der Waals surface area contributed by atoms with E-state index in [2.05, 4.69) is 27.9 Å². The van der Waals surface area contributed by atoms with E-state index in [9.17, 15) is 4.79 Å². The maximum absolute atomic E-state index is 11.7. The normalized spacial score (nSPS) is 17.2. The van der Waals surface area contributed by atoms with Crippen molar-refractivity contribution >= 4 is 40.1 Å². The van der Waals surface area contributed by atoms with Crippen LogP contribution in [0.3, 0.4) is 0 Å². The molecule has 1 unspecified atom stereocenters. The Balaban J connectivity index is 2.05. The highest BCUT2D eigenvalue weighted by Crippen LogP contribution is 2.25. The number of alkyl halides is 1. The van der Waals surface area contributed by atoms with Gasteiger partial charge in [-0.2, -0.15) is 0 Å². The molecule has 1 aromatic rings. The van der Waals surface area contributed by atoms with E-state index in [-0.39, 0.29) is 5.91 Å². The van der Waals surface area contributed by atoms with Gasteiger partial charge in [0.15, 0.2) is 0 Å². The van der Waals surface area contributed by atoms with Crippen molar-refractivity contribution in [1.82, 2.24) is 5.32 Å². The van der Waals surface area contributed by atoms with Crippen molar-refractivity contribution in [2.24, 2.45) is 0 Å². The lowest BCUT2D eigenvalue weighted by molar-refractivity contribution is -0.121. The number of carbonyl (C=O) groups excluding carboxylic acids is 1. The lowest BCUT2D eigenvalue weighted by atomic mass is 10.1. The number of hydrogen-bond donors (Lipinski definition) is 1. The van der Waals surface area contributed by atoms with Crippen molar-refractivity contribution in [2.75, 3.05) is 0 Å². The summed E-state index contributed by atoms with van der Waals surface area (Å²) in [5, 5.41) is 2.33. The summed E-state index contributed by atoms with van der Waals surface area (Å²) in [6, 6.07) is 8.07. The van der Waals surface area contributed by atoms with Gasteiger partial charge < -0.3 is 5.32 Å². The lowest BCUT2D eigenvalue weighted by Gasteiger charge is -2.10. The Hall–Kier alpha value is -0.290. The van der Waals surface area contributed by atoms with E-state index in [4.69, 9.17) is 11.6 Å². The van der Waals surface area contributed by atoms with Crippen LogP contribution in [0.25, 0.3) is 0 Å². The van der Waals surface area contributed by atoms with E-state index in [0.29, 0.717) is 6.04 Å². The van der Waals surface area contributed by atoms with Gasteiger partial charge in [-0.25, -0.2) is 0 Å². The zero-order valence-corrected chi connectivity index (χ0v) is 11.0. The lowest BCUT2D eigenvalue weighted by Crippen LogP contribution is -2.28. The molecule has 4 heteroatoms. The Bertz CT molecular complexity index is 379. The Morgan fingerprint density at radius 3 is 2.87 bits per heavy atom. The number of benzene rings is 1. The molecule has 1 N–H and O–H groups in total. The molecule has 0 bridgehead atoms. The highest BCUT2D eigenvalue weighted by atomic mass is 127. The van der Waals surface area contributed by atoms with Gasteiger partial charge in [0.2, 0.25) is 5.91 Å². The van der Waals surface area contributed by atoms with E-state index in [1.165, 1.54) is 0 Å². The first-order valence-corrected chi connectivity index (χ1v) is 6.38. The van der Waals surface area contributed by atoms with Gasteiger partial charge >= 0.3 is 0 Å². The van der Waals surface area contributed by atoms with Gasteiger partial charge in [0.1, 0.15) is 5.38 Å². The summed E-state index contributed by atoms with van der Waals surface area (Å²) in [6.07, 6.45) is 2.17. The van der Waals surface area contributed by atoms with Crippen LogP contribution in [0.4, 0.5) is 0 Å². The summed E-state index contributed by atoms with van der Waals surface area (Å²) >= 11 is 8.29. The minimum absolute atomic E-state index is 0.0823. The van der Waals surface area contributed by atoms with Gasteiger partial charge in [-0.05, 0) is 53.1 Å². The Labute approximate surface area is 108 Å². The number of carbonyl (C=O) groups is 1. The van der Waals surface area contributed by atoms with Crippen LogP contribution < -0.4 is 5.32 Å². The first-order chi connectivity index (χ1) is 7.16. The van der Waals surface area contributed by atoms with Crippen LogP contribution in [0.5, 0.6) is 0 Å². The highest BCUT2D eigenvalue weighted by Gasteiger charge is 2.27. The second-order valence-corrected chi connectivity index (χ2v) is 5.38. The maximum atomic E-state index is 11.7. The Morgan fingerprint density at radius 2 is 2.27 bits per heavy atom. The van der Waals surface area contributed by atoms with Crippen molar-refractivity contribution in [3.8, 4) is 0 Å². The minimum atomic E-state index is -0.569. The van der Waals surface area contributed by atoms with Crippen LogP contribution in [-0.4, -0.2) is 11.9 Å². The number of halogens is 2. The zero-order valence-electron chi connectivity index (χ0n) is 8.04. The van der Waals surface area contributed by atoms with Gasteiger partial charge in [-0.1, -0.05) is 12.1 Å². The number of hydrogen-bond acceptors (Lipinski definition) is 1. The fraction of sp³-hybridized carbons (Fsp3) is 0.364. The summed E-state index contributed by atoms with van der Waals surface area (Å²) in [4.78, 5) is 11.7. The molecule has 1 fully saturated rings. The van der Waals surface area contributed by atoms with Gasteiger partial charge in [0, 0.05) is 9.61 Å². The molecule has 1 aliphatic carbocycles. The smallest absolute Gasteiger partial charge is 0.242 e. The molecule has 0 saturated heterocycles. The molecule has 0 heterocycles. The fourth-order valence-electron chi connectivity index (χ4n) is 1.32. The number of rotatable bonds is 3. The third-order valence-corrected chi connectivity index (χ3v) is 3.42. The number of nitrogens with one attached hydrogen (secondary N) is 1. The topological polar surface area (TPSA) is 29.1 Å². The molecule has 1 amide bonds.